The third-order valence-electron chi connectivity index (χ3n) is 2.15. The van der Waals surface area contributed by atoms with Gasteiger partial charge in [0.05, 0.1) is 6.54 Å². The van der Waals surface area contributed by atoms with Gasteiger partial charge in [0.1, 0.15) is 12.6 Å². The fourth-order valence-corrected chi connectivity index (χ4v) is 1.50. The summed E-state index contributed by atoms with van der Waals surface area (Å²) in [6.45, 7) is 4.53. The highest BCUT2D eigenvalue weighted by Crippen LogP contribution is 2.16. The Morgan fingerprint density at radius 2 is 2.29 bits per heavy atom. The summed E-state index contributed by atoms with van der Waals surface area (Å²) in [5.74, 6) is -0.720. The molecule has 0 aliphatic carbocycles. The molecule has 5 nitrogen and oxygen atoms in total. The number of carboxylic acid groups (broad SMARTS) is 1. The third kappa shape index (κ3) is 2.37. The number of carboxylic acids is 1. The maximum atomic E-state index is 11.1. The Morgan fingerprint density at radius 3 is 2.64 bits per heavy atom. The van der Waals surface area contributed by atoms with Crippen LogP contribution >= 0.6 is 0 Å². The van der Waals surface area contributed by atoms with Crippen molar-refractivity contribution in [1.29, 1.82) is 0 Å². The van der Waals surface area contributed by atoms with Gasteiger partial charge in [0.15, 0.2) is 0 Å². The molecule has 1 amide bonds. The van der Waals surface area contributed by atoms with E-state index in [0.717, 1.165) is 0 Å². The Morgan fingerprint density at radius 1 is 1.64 bits per heavy atom. The Kier molecular flexibility index (Phi) is 3.33. The first-order valence-electron chi connectivity index (χ1n) is 4.68. The van der Waals surface area contributed by atoms with Crippen LogP contribution in [0.3, 0.4) is 0 Å². The van der Waals surface area contributed by atoms with E-state index in [1.165, 1.54) is 4.90 Å². The lowest BCUT2D eigenvalue weighted by Gasteiger charge is -2.22. The summed E-state index contributed by atoms with van der Waals surface area (Å²) in [5.41, 5.74) is 0. The molecule has 80 valence electrons. The number of hydrogen-bond donors (Lipinski definition) is 1. The van der Waals surface area contributed by atoms with Crippen molar-refractivity contribution in [1.82, 2.24) is 4.90 Å². The first-order valence-corrected chi connectivity index (χ1v) is 4.68. The highest BCUT2D eigenvalue weighted by molar-refractivity contribution is 5.80. The first-order chi connectivity index (χ1) is 6.52. The minimum Gasteiger partial charge on any atom is -0.480 e. The zero-order chi connectivity index (χ0) is 10.7. The second-order valence-corrected chi connectivity index (χ2v) is 3.79. The molecule has 0 bridgehead atoms. The van der Waals surface area contributed by atoms with Crippen molar-refractivity contribution in [2.75, 3.05) is 13.2 Å². The minimum absolute atomic E-state index is 0.240. The molecule has 1 rings (SSSR count). The lowest BCUT2D eigenvalue weighted by atomic mass is 10.0. The molecular formula is C9H15NO4. The molecule has 0 aromatic rings. The SMILES string of the molecule is CC(C)C[C@H](C(=O)O)N1CCOC1=O. The maximum Gasteiger partial charge on any atom is 0.410 e. The van der Waals surface area contributed by atoms with Gasteiger partial charge in [-0.2, -0.15) is 0 Å². The van der Waals surface area contributed by atoms with Gasteiger partial charge in [-0.3, -0.25) is 4.90 Å². The average Bonchev–Trinajstić information content (AvgIpc) is 2.46. The topological polar surface area (TPSA) is 66.8 Å². The molecule has 1 fully saturated rings. The predicted octanol–water partition coefficient (Wildman–Crippen LogP) is 0.938. The van der Waals surface area contributed by atoms with Crippen LogP contribution in [0.2, 0.25) is 0 Å². The quantitative estimate of drug-likeness (QED) is 0.735. The van der Waals surface area contributed by atoms with Crippen LogP contribution in [0.4, 0.5) is 4.79 Å². The first kappa shape index (κ1) is 10.8. The molecule has 0 radical (unpaired) electrons. The van der Waals surface area contributed by atoms with E-state index in [-0.39, 0.29) is 5.92 Å². The van der Waals surface area contributed by atoms with E-state index in [9.17, 15) is 9.59 Å². The second-order valence-electron chi connectivity index (χ2n) is 3.79. The average molecular weight is 201 g/mol. The number of carbonyl (C=O) groups excluding carboxylic acids is 1. The summed E-state index contributed by atoms with van der Waals surface area (Å²) in [5, 5.41) is 8.95. The monoisotopic (exact) mass is 201 g/mol. The van der Waals surface area contributed by atoms with E-state index >= 15 is 0 Å². The lowest BCUT2D eigenvalue weighted by Crippen LogP contribution is -2.42. The number of carbonyl (C=O) groups is 2. The van der Waals surface area contributed by atoms with Crippen molar-refractivity contribution < 1.29 is 19.4 Å². The number of cyclic esters (lactones) is 1. The normalized spacial score (nSPS) is 18.5. The largest absolute Gasteiger partial charge is 0.480 e. The van der Waals surface area contributed by atoms with Crippen molar-refractivity contribution in [3.05, 3.63) is 0 Å². The summed E-state index contributed by atoms with van der Waals surface area (Å²) in [6, 6.07) is -0.745. The van der Waals surface area contributed by atoms with Gasteiger partial charge < -0.3 is 9.84 Å². The number of amides is 1. The second kappa shape index (κ2) is 4.30. The fourth-order valence-electron chi connectivity index (χ4n) is 1.50. The van der Waals surface area contributed by atoms with Gasteiger partial charge in [-0.1, -0.05) is 13.8 Å². The number of rotatable bonds is 4. The van der Waals surface area contributed by atoms with E-state index in [4.69, 9.17) is 9.84 Å². The minimum atomic E-state index is -0.961. The van der Waals surface area contributed by atoms with E-state index in [1.54, 1.807) is 0 Å². The molecule has 0 saturated carbocycles. The molecule has 0 unspecified atom stereocenters. The summed E-state index contributed by atoms with van der Waals surface area (Å²) in [4.78, 5) is 23.3. The molecule has 1 heterocycles. The lowest BCUT2D eigenvalue weighted by molar-refractivity contribution is -0.142. The molecule has 1 atom stereocenters. The van der Waals surface area contributed by atoms with Gasteiger partial charge in [0, 0.05) is 0 Å². The smallest absolute Gasteiger partial charge is 0.410 e. The number of aliphatic carboxylic acids is 1. The van der Waals surface area contributed by atoms with Crippen molar-refractivity contribution >= 4 is 12.1 Å². The molecule has 5 heteroatoms. The molecule has 0 aromatic carbocycles. The van der Waals surface area contributed by atoms with E-state index in [2.05, 4.69) is 0 Å². The van der Waals surface area contributed by atoms with Crippen LogP contribution in [0.15, 0.2) is 0 Å². The molecule has 0 aromatic heterocycles. The predicted molar refractivity (Wildman–Crippen MR) is 48.9 cm³/mol. The zero-order valence-electron chi connectivity index (χ0n) is 8.40. The molecule has 14 heavy (non-hydrogen) atoms. The third-order valence-corrected chi connectivity index (χ3v) is 2.15. The van der Waals surface area contributed by atoms with Crippen LogP contribution < -0.4 is 0 Å². The van der Waals surface area contributed by atoms with Crippen LogP contribution in [-0.2, 0) is 9.53 Å². The highest BCUT2D eigenvalue weighted by Gasteiger charge is 2.34. The fraction of sp³-hybridized carbons (Fsp3) is 0.778. The number of hydrogen-bond acceptors (Lipinski definition) is 3. The standard InChI is InChI=1S/C9H15NO4/c1-6(2)5-7(8(11)12)10-3-4-14-9(10)13/h6-7H,3-5H2,1-2H3,(H,11,12)/t7-/m1/s1. The van der Waals surface area contributed by atoms with Crippen LogP contribution in [0.1, 0.15) is 20.3 Å². The van der Waals surface area contributed by atoms with E-state index in [1.807, 2.05) is 13.8 Å². The van der Waals surface area contributed by atoms with Crippen molar-refractivity contribution in [3.8, 4) is 0 Å². The van der Waals surface area contributed by atoms with Crippen LogP contribution in [0.5, 0.6) is 0 Å². The van der Waals surface area contributed by atoms with Gasteiger partial charge >= 0.3 is 12.1 Å². The van der Waals surface area contributed by atoms with Crippen LogP contribution in [-0.4, -0.2) is 41.3 Å². The van der Waals surface area contributed by atoms with Crippen LogP contribution in [0, 0.1) is 5.92 Å². The van der Waals surface area contributed by atoms with E-state index < -0.39 is 18.1 Å². The van der Waals surface area contributed by atoms with Crippen LogP contribution in [0.25, 0.3) is 0 Å². The molecular weight excluding hydrogens is 186 g/mol. The number of ether oxygens (including phenoxy) is 1. The molecule has 1 saturated heterocycles. The summed E-state index contributed by atoms with van der Waals surface area (Å²) in [6.07, 6.45) is -0.0530. The van der Waals surface area contributed by atoms with Crippen molar-refractivity contribution in [3.63, 3.8) is 0 Å². The Labute approximate surface area is 82.6 Å². The summed E-state index contributed by atoms with van der Waals surface area (Å²) in [7, 11) is 0. The Balaban J connectivity index is 2.66. The van der Waals surface area contributed by atoms with Gasteiger partial charge in [0.2, 0.25) is 0 Å². The molecule has 1 N–H and O–H groups in total. The van der Waals surface area contributed by atoms with Gasteiger partial charge in [-0.25, -0.2) is 9.59 Å². The molecule has 1 aliphatic rings. The molecule has 1 aliphatic heterocycles. The Hall–Kier alpha value is -1.26. The van der Waals surface area contributed by atoms with E-state index in [0.29, 0.717) is 19.6 Å². The number of nitrogens with zero attached hydrogens (tertiary/aromatic N) is 1. The van der Waals surface area contributed by atoms with Crippen molar-refractivity contribution in [2.24, 2.45) is 5.92 Å². The Bertz CT molecular complexity index is 239. The molecule has 0 spiro atoms. The van der Waals surface area contributed by atoms with Crippen molar-refractivity contribution in [2.45, 2.75) is 26.3 Å². The maximum absolute atomic E-state index is 11.1. The summed E-state index contributed by atoms with van der Waals surface area (Å²) < 4.78 is 4.70. The summed E-state index contributed by atoms with van der Waals surface area (Å²) >= 11 is 0. The van der Waals surface area contributed by atoms with Gasteiger partial charge in [0.25, 0.3) is 0 Å². The zero-order valence-corrected chi connectivity index (χ0v) is 8.40. The van der Waals surface area contributed by atoms with Gasteiger partial charge in [-0.05, 0) is 12.3 Å². The highest BCUT2D eigenvalue weighted by atomic mass is 16.6. The van der Waals surface area contributed by atoms with Gasteiger partial charge in [-0.15, -0.1) is 0 Å².